The molecule has 1 fully saturated rings. The van der Waals surface area contributed by atoms with Crippen molar-refractivity contribution in [2.45, 2.75) is 102 Å². The number of unbranched alkanes of at least 4 members (excludes halogenated alkanes) is 4. The number of rotatable bonds is 16. The van der Waals surface area contributed by atoms with Crippen molar-refractivity contribution in [3.63, 3.8) is 0 Å². The molecule has 5 nitrogen and oxygen atoms in total. The first-order valence-electron chi connectivity index (χ1n) is 14.9. The van der Waals surface area contributed by atoms with Gasteiger partial charge in [0.05, 0.1) is 13.2 Å². The van der Waals surface area contributed by atoms with Crippen LogP contribution in [0, 0.1) is 11.8 Å². The molecule has 0 aliphatic carbocycles. The number of aliphatic carboxylic acids is 1. The average Bonchev–Trinajstić information content (AvgIpc) is 3.42. The molecule has 0 aromatic heterocycles. The van der Waals surface area contributed by atoms with E-state index in [0.29, 0.717) is 19.6 Å². The highest BCUT2D eigenvalue weighted by Gasteiger charge is 2.41. The minimum atomic E-state index is -1.46. The molecule has 2 N–H and O–H groups in total. The second kappa shape index (κ2) is 14.6. The zero-order chi connectivity index (χ0) is 28.5. The highest BCUT2D eigenvalue weighted by Crippen LogP contribution is 2.40. The Balaban J connectivity index is 1.80. The fourth-order valence-corrected chi connectivity index (χ4v) is 8.25. The summed E-state index contributed by atoms with van der Waals surface area (Å²) in [6, 6.07) is 19.4. The van der Waals surface area contributed by atoms with E-state index in [1.165, 1.54) is 25.7 Å². The van der Waals surface area contributed by atoms with E-state index in [1.54, 1.807) is 0 Å². The highest BCUT2D eigenvalue weighted by molar-refractivity contribution is 6.76. The summed E-state index contributed by atoms with van der Waals surface area (Å²) < 4.78 is 12.3. The molecule has 3 rings (SSSR count). The third kappa shape index (κ3) is 8.74. The van der Waals surface area contributed by atoms with Gasteiger partial charge in [-0.15, -0.1) is 0 Å². The van der Waals surface area contributed by atoms with Crippen molar-refractivity contribution < 1.29 is 24.5 Å². The molecule has 39 heavy (non-hydrogen) atoms. The molecule has 1 aliphatic heterocycles. The van der Waals surface area contributed by atoms with Crippen molar-refractivity contribution in [1.82, 2.24) is 0 Å². The zero-order valence-electron chi connectivity index (χ0n) is 24.7. The number of hydrogen-bond donors (Lipinski definition) is 2. The smallest absolute Gasteiger partial charge is 0.332 e. The minimum Gasteiger partial charge on any atom is -0.479 e. The van der Waals surface area contributed by atoms with Crippen molar-refractivity contribution >= 4 is 14.0 Å². The topological polar surface area (TPSA) is 76.0 Å². The van der Waals surface area contributed by atoms with Crippen molar-refractivity contribution in [2.24, 2.45) is 11.8 Å². The van der Waals surface area contributed by atoms with E-state index in [4.69, 9.17) is 9.47 Å². The maximum atomic E-state index is 12.0. The predicted octanol–water partition coefficient (Wildman–Crippen LogP) is 7.80. The van der Waals surface area contributed by atoms with Gasteiger partial charge in [-0.3, -0.25) is 0 Å². The summed E-state index contributed by atoms with van der Waals surface area (Å²) in [5.41, 5.74) is 3.06. The van der Waals surface area contributed by atoms with Crippen LogP contribution in [-0.2, 0) is 20.1 Å². The van der Waals surface area contributed by atoms with Crippen LogP contribution in [0.1, 0.15) is 81.4 Å². The predicted molar refractivity (Wildman–Crippen MR) is 161 cm³/mol. The average molecular weight is 555 g/mol. The quantitative estimate of drug-likeness (QED) is 0.163. The fraction of sp³-hybridized carbons (Fsp3) is 0.606. The molecule has 0 amide bonds. The van der Waals surface area contributed by atoms with E-state index >= 15 is 0 Å². The van der Waals surface area contributed by atoms with Crippen molar-refractivity contribution in [2.75, 3.05) is 13.2 Å². The number of carbonyl (C=O) groups is 1. The van der Waals surface area contributed by atoms with Gasteiger partial charge in [0.25, 0.3) is 0 Å². The summed E-state index contributed by atoms with van der Waals surface area (Å²) in [5, 5.41) is 20.8. The summed E-state index contributed by atoms with van der Waals surface area (Å²) in [4.78, 5) is 12.0. The Morgan fingerprint density at radius 1 is 0.923 bits per heavy atom. The number of aliphatic hydroxyl groups excluding tert-OH is 1. The van der Waals surface area contributed by atoms with Crippen LogP contribution < -0.4 is 0 Å². The molecular formula is C33H50O5Si. The summed E-state index contributed by atoms with van der Waals surface area (Å²) in [6.07, 6.45) is 6.25. The first kappa shape index (κ1) is 31.5. The Bertz CT molecular complexity index is 995. The first-order chi connectivity index (χ1) is 18.6. The third-order valence-corrected chi connectivity index (χ3v) is 9.90. The number of hydrogen-bond acceptors (Lipinski definition) is 4. The van der Waals surface area contributed by atoms with Gasteiger partial charge in [0.15, 0.2) is 6.10 Å². The molecule has 0 bridgehead atoms. The highest BCUT2D eigenvalue weighted by atomic mass is 28.3. The number of carboxylic acids is 1. The van der Waals surface area contributed by atoms with Crippen molar-refractivity contribution in [3.8, 4) is 0 Å². The molecule has 216 valence electrons. The van der Waals surface area contributed by atoms with Crippen molar-refractivity contribution in [3.05, 3.63) is 71.3 Å². The van der Waals surface area contributed by atoms with Gasteiger partial charge in [-0.25, -0.2) is 4.79 Å². The molecular weight excluding hydrogens is 504 g/mol. The number of benzene rings is 2. The largest absolute Gasteiger partial charge is 0.479 e. The normalized spacial score (nSPS) is 18.4. The van der Waals surface area contributed by atoms with E-state index in [2.05, 4.69) is 57.8 Å². The SMILES string of the molecule is CCCCCCCC(C[Si](C)(C)C)C(CC(C)c1ccc(C2(c3ccccc3)OCCO2)cc1)C(O)C(=O)O. The van der Waals surface area contributed by atoms with E-state index in [9.17, 15) is 15.0 Å². The van der Waals surface area contributed by atoms with E-state index in [1.807, 2.05) is 30.3 Å². The maximum absolute atomic E-state index is 12.0. The second-order valence-corrected chi connectivity index (χ2v) is 18.1. The Labute approximate surface area is 237 Å². The molecule has 2 aromatic carbocycles. The molecule has 1 heterocycles. The van der Waals surface area contributed by atoms with Crippen LogP contribution in [0.4, 0.5) is 0 Å². The summed E-state index contributed by atoms with van der Waals surface area (Å²) in [5.74, 6) is -1.94. The van der Waals surface area contributed by atoms with E-state index in [-0.39, 0.29) is 17.8 Å². The monoisotopic (exact) mass is 554 g/mol. The summed E-state index contributed by atoms with van der Waals surface area (Å²) >= 11 is 0. The minimum absolute atomic E-state index is 0.111. The fourth-order valence-electron chi connectivity index (χ4n) is 6.17. The van der Waals surface area contributed by atoms with Gasteiger partial charge in [-0.1, -0.05) is 133 Å². The lowest BCUT2D eigenvalue weighted by Crippen LogP contribution is -2.38. The molecule has 0 radical (unpaired) electrons. The van der Waals surface area contributed by atoms with Gasteiger partial charge in [-0.05, 0) is 29.7 Å². The standard InChI is InChI=1S/C33H50O5Si/c1-6-7-8-9-11-14-27(24-39(3,4)5)30(31(34)32(35)36)23-25(2)26-17-19-29(20-18-26)33(37-21-22-38-33)28-15-12-10-13-16-28/h10,12-13,15-20,25,27,30-31,34H,6-9,11,14,21-24H2,1-5H3,(H,35,36). The molecule has 0 saturated carbocycles. The molecule has 1 aliphatic rings. The van der Waals surface area contributed by atoms with Gasteiger partial charge >= 0.3 is 5.97 Å². The number of ether oxygens (including phenoxy) is 2. The van der Waals surface area contributed by atoms with Crippen molar-refractivity contribution in [1.29, 1.82) is 0 Å². The Morgan fingerprint density at radius 3 is 2.08 bits per heavy atom. The van der Waals surface area contributed by atoms with E-state index in [0.717, 1.165) is 35.6 Å². The van der Waals surface area contributed by atoms with Gasteiger partial charge in [-0.2, -0.15) is 0 Å². The Hall–Kier alpha value is -1.99. The Morgan fingerprint density at radius 2 is 1.51 bits per heavy atom. The lowest BCUT2D eigenvalue weighted by Gasteiger charge is -2.35. The van der Waals surface area contributed by atoms with E-state index < -0.39 is 25.9 Å². The molecule has 6 heteroatoms. The van der Waals surface area contributed by atoms with Crippen LogP contribution in [0.5, 0.6) is 0 Å². The van der Waals surface area contributed by atoms with Crippen LogP contribution >= 0.6 is 0 Å². The number of carboxylic acid groups (broad SMARTS) is 1. The lowest BCUT2D eigenvalue weighted by atomic mass is 9.77. The van der Waals surface area contributed by atoms with Gasteiger partial charge in [0, 0.05) is 19.2 Å². The second-order valence-electron chi connectivity index (χ2n) is 12.6. The first-order valence-corrected chi connectivity index (χ1v) is 18.6. The lowest BCUT2D eigenvalue weighted by molar-refractivity contribution is -0.151. The third-order valence-electron chi connectivity index (χ3n) is 8.15. The summed E-state index contributed by atoms with van der Waals surface area (Å²) in [7, 11) is -1.46. The van der Waals surface area contributed by atoms with Crippen LogP contribution in [0.2, 0.25) is 25.7 Å². The van der Waals surface area contributed by atoms with Gasteiger partial charge < -0.3 is 19.7 Å². The van der Waals surface area contributed by atoms with Crippen LogP contribution in [0.15, 0.2) is 54.6 Å². The molecule has 0 spiro atoms. The number of aliphatic hydroxyl groups is 1. The summed E-state index contributed by atoms with van der Waals surface area (Å²) in [6.45, 7) is 12.5. The van der Waals surface area contributed by atoms with Gasteiger partial charge in [0.2, 0.25) is 5.79 Å². The van der Waals surface area contributed by atoms with Crippen LogP contribution in [-0.4, -0.2) is 43.6 Å². The zero-order valence-corrected chi connectivity index (χ0v) is 25.7. The van der Waals surface area contributed by atoms with Crippen LogP contribution in [0.3, 0.4) is 0 Å². The molecule has 4 unspecified atom stereocenters. The van der Waals surface area contributed by atoms with Gasteiger partial charge in [0.1, 0.15) is 0 Å². The molecule has 2 aromatic rings. The molecule has 1 saturated heterocycles. The maximum Gasteiger partial charge on any atom is 0.332 e. The molecule has 4 atom stereocenters. The van der Waals surface area contributed by atoms with Crippen LogP contribution in [0.25, 0.3) is 0 Å². The Kier molecular flexibility index (Phi) is 11.8.